The number of unbranched alkanes of at least 4 members (excludes halogenated alkanes) is 1. The summed E-state index contributed by atoms with van der Waals surface area (Å²) < 4.78 is 32.6. The molecule has 0 aliphatic heterocycles. The zero-order chi connectivity index (χ0) is 22.1. The highest BCUT2D eigenvalue weighted by Crippen LogP contribution is 2.22. The summed E-state index contributed by atoms with van der Waals surface area (Å²) in [7, 11) is -3.59. The SMILES string of the molecule is CCCCN(CCC)S(=O)(=O)c1ccc(OC(=O)c2ccc(N=C(N)N)cc2)cc1. The molecular weight excluding hydrogens is 404 g/mol. The first kappa shape index (κ1) is 23.4. The van der Waals surface area contributed by atoms with Gasteiger partial charge in [0.25, 0.3) is 0 Å². The molecular formula is C21H28N4O4S. The normalized spacial score (nSPS) is 11.3. The van der Waals surface area contributed by atoms with Crippen molar-refractivity contribution in [3.63, 3.8) is 0 Å². The fourth-order valence-electron chi connectivity index (χ4n) is 2.75. The number of aliphatic imine (C=N–C) groups is 1. The lowest BCUT2D eigenvalue weighted by Crippen LogP contribution is -2.32. The maximum Gasteiger partial charge on any atom is 0.343 e. The van der Waals surface area contributed by atoms with E-state index >= 15 is 0 Å². The Kier molecular flexibility index (Phi) is 8.37. The predicted molar refractivity (Wildman–Crippen MR) is 117 cm³/mol. The molecule has 0 saturated carbocycles. The van der Waals surface area contributed by atoms with Gasteiger partial charge in [0.1, 0.15) is 5.75 Å². The van der Waals surface area contributed by atoms with E-state index in [1.807, 2.05) is 13.8 Å². The molecule has 4 N–H and O–H groups in total. The van der Waals surface area contributed by atoms with Crippen LogP contribution in [0.3, 0.4) is 0 Å². The largest absolute Gasteiger partial charge is 0.423 e. The minimum atomic E-state index is -3.59. The average Bonchev–Trinajstić information content (AvgIpc) is 2.71. The second-order valence-electron chi connectivity index (χ2n) is 6.70. The van der Waals surface area contributed by atoms with Crippen LogP contribution < -0.4 is 16.2 Å². The number of hydrogen-bond donors (Lipinski definition) is 2. The Morgan fingerprint density at radius 1 is 0.967 bits per heavy atom. The van der Waals surface area contributed by atoms with Gasteiger partial charge in [-0.3, -0.25) is 0 Å². The molecule has 0 radical (unpaired) electrons. The Labute approximate surface area is 177 Å². The maximum atomic E-state index is 12.9. The minimum Gasteiger partial charge on any atom is -0.423 e. The third kappa shape index (κ3) is 6.30. The summed E-state index contributed by atoms with van der Waals surface area (Å²) in [6.07, 6.45) is 2.45. The van der Waals surface area contributed by atoms with E-state index in [1.54, 1.807) is 24.3 Å². The third-order valence-electron chi connectivity index (χ3n) is 4.27. The monoisotopic (exact) mass is 432 g/mol. The molecule has 0 atom stereocenters. The van der Waals surface area contributed by atoms with Crippen molar-refractivity contribution in [1.82, 2.24) is 4.31 Å². The van der Waals surface area contributed by atoms with Gasteiger partial charge in [-0.1, -0.05) is 20.3 Å². The zero-order valence-corrected chi connectivity index (χ0v) is 18.1. The van der Waals surface area contributed by atoms with Crippen LogP contribution >= 0.6 is 0 Å². The maximum absolute atomic E-state index is 12.9. The summed E-state index contributed by atoms with van der Waals surface area (Å²) >= 11 is 0. The van der Waals surface area contributed by atoms with E-state index in [2.05, 4.69) is 4.99 Å². The molecule has 2 aromatic rings. The number of sulfonamides is 1. The second kappa shape index (κ2) is 10.7. The molecule has 9 heteroatoms. The topological polar surface area (TPSA) is 128 Å². The van der Waals surface area contributed by atoms with E-state index < -0.39 is 16.0 Å². The van der Waals surface area contributed by atoms with Crippen LogP contribution in [0.4, 0.5) is 5.69 Å². The summed E-state index contributed by atoms with van der Waals surface area (Å²) in [5, 5.41) is 0. The van der Waals surface area contributed by atoms with Crippen LogP contribution in [-0.4, -0.2) is 37.7 Å². The molecule has 0 bridgehead atoms. The highest BCUT2D eigenvalue weighted by molar-refractivity contribution is 7.89. The lowest BCUT2D eigenvalue weighted by molar-refractivity contribution is 0.0734. The molecule has 0 heterocycles. The van der Waals surface area contributed by atoms with Gasteiger partial charge in [0, 0.05) is 13.1 Å². The van der Waals surface area contributed by atoms with Crippen molar-refractivity contribution in [2.45, 2.75) is 38.0 Å². The summed E-state index contributed by atoms with van der Waals surface area (Å²) in [5.41, 5.74) is 11.5. The highest BCUT2D eigenvalue weighted by atomic mass is 32.2. The van der Waals surface area contributed by atoms with E-state index in [4.69, 9.17) is 16.2 Å². The molecule has 2 aromatic carbocycles. The van der Waals surface area contributed by atoms with Gasteiger partial charge in [0.05, 0.1) is 16.1 Å². The number of nitrogens with zero attached hydrogens (tertiary/aromatic N) is 2. The Bertz CT molecular complexity index is 967. The number of ether oxygens (including phenoxy) is 1. The van der Waals surface area contributed by atoms with Crippen molar-refractivity contribution in [2.24, 2.45) is 16.5 Å². The Morgan fingerprint density at radius 3 is 2.13 bits per heavy atom. The summed E-state index contributed by atoms with van der Waals surface area (Å²) in [4.78, 5) is 16.4. The predicted octanol–water partition coefficient (Wildman–Crippen LogP) is 3.01. The van der Waals surface area contributed by atoms with Crippen LogP contribution in [0.2, 0.25) is 0 Å². The molecule has 0 unspecified atom stereocenters. The van der Waals surface area contributed by atoms with Gasteiger partial charge in [-0.15, -0.1) is 0 Å². The van der Waals surface area contributed by atoms with Crippen molar-refractivity contribution in [3.8, 4) is 5.75 Å². The van der Waals surface area contributed by atoms with E-state index in [9.17, 15) is 13.2 Å². The number of guanidine groups is 1. The Balaban J connectivity index is 2.11. The Hall–Kier alpha value is -2.91. The molecule has 0 aliphatic carbocycles. The molecule has 162 valence electrons. The van der Waals surface area contributed by atoms with E-state index in [0.717, 1.165) is 19.3 Å². The van der Waals surface area contributed by atoms with Gasteiger partial charge in [0.15, 0.2) is 5.96 Å². The van der Waals surface area contributed by atoms with E-state index in [1.165, 1.54) is 28.6 Å². The smallest absolute Gasteiger partial charge is 0.343 e. The van der Waals surface area contributed by atoms with Gasteiger partial charge in [-0.25, -0.2) is 18.2 Å². The zero-order valence-electron chi connectivity index (χ0n) is 17.2. The van der Waals surface area contributed by atoms with Crippen molar-refractivity contribution in [1.29, 1.82) is 0 Å². The molecule has 8 nitrogen and oxygen atoms in total. The van der Waals surface area contributed by atoms with Crippen molar-refractivity contribution in [3.05, 3.63) is 54.1 Å². The van der Waals surface area contributed by atoms with Crippen molar-refractivity contribution in [2.75, 3.05) is 13.1 Å². The highest BCUT2D eigenvalue weighted by Gasteiger charge is 2.23. The molecule has 0 saturated heterocycles. The lowest BCUT2D eigenvalue weighted by atomic mass is 10.2. The van der Waals surface area contributed by atoms with Crippen LogP contribution in [0.15, 0.2) is 58.4 Å². The van der Waals surface area contributed by atoms with Crippen molar-refractivity contribution < 1.29 is 17.9 Å². The van der Waals surface area contributed by atoms with Gasteiger partial charge in [0.2, 0.25) is 10.0 Å². The first-order valence-electron chi connectivity index (χ1n) is 9.80. The summed E-state index contributed by atoms with van der Waals surface area (Å²) in [5.74, 6) is -0.396. The number of esters is 1. The molecule has 30 heavy (non-hydrogen) atoms. The average molecular weight is 433 g/mol. The Morgan fingerprint density at radius 2 is 1.60 bits per heavy atom. The molecule has 0 amide bonds. The van der Waals surface area contributed by atoms with Crippen LogP contribution in [0.5, 0.6) is 5.75 Å². The standard InChI is InChI=1S/C21H28N4O4S/c1-3-5-15-25(14-4-2)30(27,28)19-12-10-18(11-13-19)29-20(26)16-6-8-17(9-7-16)24-21(22)23/h6-13H,3-5,14-15H2,1-2H3,(H4,22,23,24). The molecule has 0 aliphatic rings. The molecule has 0 aromatic heterocycles. The van der Waals surface area contributed by atoms with Crippen LogP contribution in [0.25, 0.3) is 0 Å². The van der Waals surface area contributed by atoms with Crippen LogP contribution in [0, 0.1) is 0 Å². The molecule has 0 spiro atoms. The van der Waals surface area contributed by atoms with Crippen LogP contribution in [-0.2, 0) is 10.0 Å². The van der Waals surface area contributed by atoms with Gasteiger partial charge < -0.3 is 16.2 Å². The van der Waals surface area contributed by atoms with E-state index in [-0.39, 0.29) is 16.6 Å². The van der Waals surface area contributed by atoms with Crippen molar-refractivity contribution >= 4 is 27.6 Å². The molecule has 0 fully saturated rings. The number of hydrogen-bond acceptors (Lipinski definition) is 5. The lowest BCUT2D eigenvalue weighted by Gasteiger charge is -2.21. The summed E-state index contributed by atoms with van der Waals surface area (Å²) in [6, 6.07) is 12.1. The first-order valence-corrected chi connectivity index (χ1v) is 11.2. The minimum absolute atomic E-state index is 0.0763. The first-order chi connectivity index (χ1) is 14.3. The third-order valence-corrected chi connectivity index (χ3v) is 6.18. The van der Waals surface area contributed by atoms with Gasteiger partial charge in [-0.2, -0.15) is 4.31 Å². The number of benzene rings is 2. The fraction of sp³-hybridized carbons (Fsp3) is 0.333. The number of nitrogens with two attached hydrogens (primary N) is 2. The second-order valence-corrected chi connectivity index (χ2v) is 8.64. The van der Waals surface area contributed by atoms with Crippen LogP contribution in [0.1, 0.15) is 43.5 Å². The summed E-state index contributed by atoms with van der Waals surface area (Å²) in [6.45, 7) is 4.92. The molecule has 2 rings (SSSR count). The fourth-order valence-corrected chi connectivity index (χ4v) is 4.32. The van der Waals surface area contributed by atoms with E-state index in [0.29, 0.717) is 24.3 Å². The number of carbonyl (C=O) groups is 1. The van der Waals surface area contributed by atoms with Gasteiger partial charge in [-0.05, 0) is 61.4 Å². The van der Waals surface area contributed by atoms with Gasteiger partial charge >= 0.3 is 5.97 Å². The number of carbonyl (C=O) groups excluding carboxylic acids is 1. The number of rotatable bonds is 10. The quantitative estimate of drug-likeness (QED) is 0.257.